The molecule has 0 radical (unpaired) electrons. The molecule has 2 unspecified atom stereocenters. The van der Waals surface area contributed by atoms with Crippen molar-refractivity contribution in [3.05, 3.63) is 34.9 Å². The van der Waals surface area contributed by atoms with E-state index in [0.29, 0.717) is 18.0 Å². The first-order chi connectivity index (χ1) is 7.61. The quantitative estimate of drug-likeness (QED) is 0.794. The fourth-order valence-electron chi connectivity index (χ4n) is 2.59. The normalized spacial score (nSPS) is 24.6. The van der Waals surface area contributed by atoms with Crippen LogP contribution in [0.15, 0.2) is 18.2 Å². The lowest BCUT2D eigenvalue weighted by Gasteiger charge is -2.31. The molecule has 1 aromatic rings. The van der Waals surface area contributed by atoms with Gasteiger partial charge in [-0.3, -0.25) is 0 Å². The van der Waals surface area contributed by atoms with E-state index in [1.165, 1.54) is 24.0 Å². The second-order valence-corrected chi connectivity index (χ2v) is 5.31. The van der Waals surface area contributed by atoms with Gasteiger partial charge in [-0.1, -0.05) is 39.0 Å². The molecular formula is C15H23N. The molecule has 1 N–H and O–H groups in total. The van der Waals surface area contributed by atoms with Gasteiger partial charge >= 0.3 is 0 Å². The van der Waals surface area contributed by atoms with E-state index in [1.807, 2.05) is 0 Å². The van der Waals surface area contributed by atoms with Crippen molar-refractivity contribution in [2.75, 3.05) is 0 Å². The van der Waals surface area contributed by atoms with E-state index < -0.39 is 0 Å². The second-order valence-electron chi connectivity index (χ2n) is 5.31. The highest BCUT2D eigenvalue weighted by atomic mass is 15.0. The first-order valence-electron chi connectivity index (χ1n) is 6.50. The summed E-state index contributed by atoms with van der Waals surface area (Å²) in [4.78, 5) is 0. The lowest BCUT2D eigenvalue weighted by atomic mass is 9.87. The van der Waals surface area contributed by atoms with Crippen molar-refractivity contribution in [1.29, 1.82) is 0 Å². The van der Waals surface area contributed by atoms with Crippen LogP contribution in [0.2, 0.25) is 0 Å². The number of fused-ring (bicyclic) bond motifs is 1. The van der Waals surface area contributed by atoms with Crippen LogP contribution in [0, 0.1) is 0 Å². The standard InChI is InChI=1S/C15H23N/c1-5-14-8-13-7-6-12(10(2)3)9-15(13)11(4)16-14/h6-7,9-11,14,16H,5,8H2,1-4H3. The zero-order chi connectivity index (χ0) is 11.7. The number of rotatable bonds is 2. The van der Waals surface area contributed by atoms with Crippen LogP contribution in [0.4, 0.5) is 0 Å². The molecule has 2 rings (SSSR count). The SMILES string of the molecule is CCC1Cc2ccc(C(C)C)cc2C(C)N1. The average Bonchev–Trinajstić information content (AvgIpc) is 2.28. The fraction of sp³-hybridized carbons (Fsp3) is 0.600. The molecule has 0 spiro atoms. The van der Waals surface area contributed by atoms with Crippen molar-refractivity contribution in [2.45, 2.75) is 58.5 Å². The summed E-state index contributed by atoms with van der Waals surface area (Å²) in [5, 5.41) is 3.69. The Kier molecular flexibility index (Phi) is 3.34. The van der Waals surface area contributed by atoms with E-state index in [-0.39, 0.29) is 0 Å². The lowest BCUT2D eigenvalue weighted by Crippen LogP contribution is -2.37. The molecule has 0 bridgehead atoms. The molecule has 2 atom stereocenters. The molecule has 0 saturated carbocycles. The van der Waals surface area contributed by atoms with E-state index in [2.05, 4.69) is 51.2 Å². The maximum Gasteiger partial charge on any atom is 0.0297 e. The number of benzene rings is 1. The predicted molar refractivity (Wildman–Crippen MR) is 69.9 cm³/mol. The highest BCUT2D eigenvalue weighted by Crippen LogP contribution is 2.29. The molecule has 0 aromatic heterocycles. The monoisotopic (exact) mass is 217 g/mol. The molecule has 1 aromatic carbocycles. The Hall–Kier alpha value is -0.820. The maximum absolute atomic E-state index is 3.69. The van der Waals surface area contributed by atoms with Gasteiger partial charge < -0.3 is 5.32 Å². The average molecular weight is 217 g/mol. The Bertz CT molecular complexity index is 368. The van der Waals surface area contributed by atoms with Crippen LogP contribution in [0.25, 0.3) is 0 Å². The summed E-state index contributed by atoms with van der Waals surface area (Å²) in [6.07, 6.45) is 2.41. The van der Waals surface area contributed by atoms with Crippen LogP contribution >= 0.6 is 0 Å². The molecule has 0 amide bonds. The molecule has 1 heterocycles. The Morgan fingerprint density at radius 3 is 2.75 bits per heavy atom. The number of hydrogen-bond acceptors (Lipinski definition) is 1. The lowest BCUT2D eigenvalue weighted by molar-refractivity contribution is 0.411. The fourth-order valence-corrected chi connectivity index (χ4v) is 2.59. The molecule has 1 aliphatic heterocycles. The van der Waals surface area contributed by atoms with Crippen LogP contribution in [-0.2, 0) is 6.42 Å². The minimum absolute atomic E-state index is 0.507. The van der Waals surface area contributed by atoms with Gasteiger partial charge in [-0.05, 0) is 42.4 Å². The van der Waals surface area contributed by atoms with Gasteiger partial charge in [0.1, 0.15) is 0 Å². The smallest absolute Gasteiger partial charge is 0.0297 e. The third-order valence-corrected chi connectivity index (χ3v) is 3.75. The van der Waals surface area contributed by atoms with Gasteiger partial charge in [-0.2, -0.15) is 0 Å². The van der Waals surface area contributed by atoms with E-state index in [9.17, 15) is 0 Å². The van der Waals surface area contributed by atoms with Crippen LogP contribution < -0.4 is 5.32 Å². The Morgan fingerprint density at radius 1 is 1.38 bits per heavy atom. The van der Waals surface area contributed by atoms with Crippen LogP contribution in [0.3, 0.4) is 0 Å². The van der Waals surface area contributed by atoms with Gasteiger partial charge in [0.05, 0.1) is 0 Å². The van der Waals surface area contributed by atoms with Gasteiger partial charge in [0.15, 0.2) is 0 Å². The summed E-state index contributed by atoms with van der Waals surface area (Å²) in [6.45, 7) is 9.07. The van der Waals surface area contributed by atoms with Crippen LogP contribution in [0.1, 0.15) is 62.8 Å². The summed E-state index contributed by atoms with van der Waals surface area (Å²) < 4.78 is 0. The zero-order valence-corrected chi connectivity index (χ0v) is 10.9. The van der Waals surface area contributed by atoms with E-state index in [0.717, 1.165) is 0 Å². The van der Waals surface area contributed by atoms with Gasteiger partial charge in [0.25, 0.3) is 0 Å². The van der Waals surface area contributed by atoms with Gasteiger partial charge in [-0.25, -0.2) is 0 Å². The third kappa shape index (κ3) is 2.15. The first-order valence-corrected chi connectivity index (χ1v) is 6.50. The Morgan fingerprint density at radius 2 is 2.12 bits per heavy atom. The largest absolute Gasteiger partial charge is 0.307 e. The second kappa shape index (κ2) is 4.58. The summed E-state index contributed by atoms with van der Waals surface area (Å²) in [5.41, 5.74) is 4.51. The molecule has 1 nitrogen and oxygen atoms in total. The number of nitrogens with one attached hydrogen (secondary N) is 1. The Labute approximate surface area is 99.3 Å². The molecule has 0 saturated heterocycles. The van der Waals surface area contributed by atoms with Crippen LogP contribution in [0.5, 0.6) is 0 Å². The summed E-state index contributed by atoms with van der Waals surface area (Å²) >= 11 is 0. The summed E-state index contributed by atoms with van der Waals surface area (Å²) in [6, 6.07) is 8.20. The summed E-state index contributed by atoms with van der Waals surface area (Å²) in [7, 11) is 0. The first kappa shape index (κ1) is 11.7. The minimum Gasteiger partial charge on any atom is -0.307 e. The highest BCUT2D eigenvalue weighted by Gasteiger charge is 2.22. The van der Waals surface area contributed by atoms with Gasteiger partial charge in [0, 0.05) is 12.1 Å². The molecule has 88 valence electrons. The van der Waals surface area contributed by atoms with Gasteiger partial charge in [-0.15, -0.1) is 0 Å². The van der Waals surface area contributed by atoms with Crippen LogP contribution in [-0.4, -0.2) is 6.04 Å². The van der Waals surface area contributed by atoms with Crippen molar-refractivity contribution in [3.63, 3.8) is 0 Å². The van der Waals surface area contributed by atoms with E-state index in [1.54, 1.807) is 5.56 Å². The van der Waals surface area contributed by atoms with E-state index in [4.69, 9.17) is 0 Å². The molecule has 16 heavy (non-hydrogen) atoms. The topological polar surface area (TPSA) is 12.0 Å². The predicted octanol–water partition coefficient (Wildman–Crippen LogP) is 3.80. The maximum atomic E-state index is 3.69. The minimum atomic E-state index is 0.507. The van der Waals surface area contributed by atoms with Crippen molar-refractivity contribution in [1.82, 2.24) is 5.32 Å². The van der Waals surface area contributed by atoms with E-state index >= 15 is 0 Å². The van der Waals surface area contributed by atoms with Gasteiger partial charge in [0.2, 0.25) is 0 Å². The van der Waals surface area contributed by atoms with Crippen molar-refractivity contribution in [2.24, 2.45) is 0 Å². The molecule has 0 fully saturated rings. The van der Waals surface area contributed by atoms with Crippen molar-refractivity contribution in [3.8, 4) is 0 Å². The zero-order valence-electron chi connectivity index (χ0n) is 10.9. The number of hydrogen-bond donors (Lipinski definition) is 1. The molecule has 0 aliphatic carbocycles. The molecule has 1 heteroatoms. The molecule has 1 aliphatic rings. The molecular weight excluding hydrogens is 194 g/mol. The highest BCUT2D eigenvalue weighted by molar-refractivity contribution is 5.37. The van der Waals surface area contributed by atoms with Crippen molar-refractivity contribution < 1.29 is 0 Å². The van der Waals surface area contributed by atoms with Crippen molar-refractivity contribution >= 4 is 0 Å². The Balaban J connectivity index is 2.33. The third-order valence-electron chi connectivity index (χ3n) is 3.75. The summed E-state index contributed by atoms with van der Waals surface area (Å²) in [5.74, 6) is 0.626.